The summed E-state index contributed by atoms with van der Waals surface area (Å²) in [5, 5.41) is 5.41. The van der Waals surface area contributed by atoms with Crippen molar-refractivity contribution in [3.63, 3.8) is 0 Å². The smallest absolute Gasteiger partial charge is 0.341 e. The summed E-state index contributed by atoms with van der Waals surface area (Å²) in [6.45, 7) is 3.55. The van der Waals surface area contributed by atoms with Crippen molar-refractivity contribution < 1.29 is 9.59 Å². The lowest BCUT2D eigenvalue weighted by molar-refractivity contribution is -0.131. The number of anilines is 1. The monoisotopic (exact) mass is 369 g/mol. The first-order valence-corrected chi connectivity index (χ1v) is 8.99. The second kappa shape index (κ2) is 8.48. The quantitative estimate of drug-likeness (QED) is 0.833. The summed E-state index contributed by atoms with van der Waals surface area (Å²) in [5.41, 5.74) is 1.11. The SMILES string of the molecule is CC(NC(=O)Nc1cccc(Cn2cccnc2=O)c1)C(=O)N1CCCC1. The number of carbonyl (C=O) groups is 2. The molecule has 0 spiro atoms. The van der Waals surface area contributed by atoms with Crippen molar-refractivity contribution >= 4 is 17.6 Å². The zero-order chi connectivity index (χ0) is 19.2. The molecular formula is C19H23N5O3. The molecule has 1 unspecified atom stereocenters. The van der Waals surface area contributed by atoms with Crippen LogP contribution in [0.1, 0.15) is 25.3 Å². The van der Waals surface area contributed by atoms with Crippen molar-refractivity contribution in [2.45, 2.75) is 32.4 Å². The van der Waals surface area contributed by atoms with E-state index < -0.39 is 12.1 Å². The Kier molecular flexibility index (Phi) is 5.85. The van der Waals surface area contributed by atoms with Crippen molar-refractivity contribution in [2.24, 2.45) is 0 Å². The number of likely N-dealkylation sites (tertiary alicyclic amines) is 1. The first-order chi connectivity index (χ1) is 13.0. The van der Waals surface area contributed by atoms with E-state index in [-0.39, 0.29) is 11.6 Å². The van der Waals surface area contributed by atoms with E-state index in [9.17, 15) is 14.4 Å². The van der Waals surface area contributed by atoms with Gasteiger partial charge >= 0.3 is 11.7 Å². The standard InChI is InChI=1S/C19H23N5O3/c1-14(17(25)23-9-2-3-10-23)21-18(26)22-16-7-4-6-15(12-16)13-24-11-5-8-20-19(24)27/h4-8,11-12,14H,2-3,9-10,13H2,1H3,(H2,21,22,26). The summed E-state index contributed by atoms with van der Waals surface area (Å²) in [5.74, 6) is -0.0626. The van der Waals surface area contributed by atoms with Crippen molar-refractivity contribution in [2.75, 3.05) is 18.4 Å². The maximum Gasteiger partial charge on any atom is 0.347 e. The van der Waals surface area contributed by atoms with Crippen LogP contribution in [0.5, 0.6) is 0 Å². The molecule has 1 aromatic heterocycles. The lowest BCUT2D eigenvalue weighted by Gasteiger charge is -2.21. The number of nitrogens with zero attached hydrogens (tertiary/aromatic N) is 3. The second-order valence-corrected chi connectivity index (χ2v) is 6.58. The van der Waals surface area contributed by atoms with Gasteiger partial charge in [0.05, 0.1) is 6.54 Å². The number of aromatic nitrogens is 2. The van der Waals surface area contributed by atoms with E-state index in [1.807, 2.05) is 6.07 Å². The van der Waals surface area contributed by atoms with Crippen molar-refractivity contribution in [1.29, 1.82) is 0 Å². The van der Waals surface area contributed by atoms with Crippen LogP contribution in [-0.2, 0) is 11.3 Å². The van der Waals surface area contributed by atoms with Gasteiger partial charge in [-0.05, 0) is 43.5 Å². The van der Waals surface area contributed by atoms with E-state index in [1.54, 1.807) is 42.3 Å². The summed E-state index contributed by atoms with van der Waals surface area (Å²) in [4.78, 5) is 41.7. The van der Waals surface area contributed by atoms with Gasteiger partial charge in [0, 0.05) is 31.2 Å². The fourth-order valence-electron chi connectivity index (χ4n) is 3.09. The summed E-state index contributed by atoms with van der Waals surface area (Å²) in [6, 6.07) is 7.86. The van der Waals surface area contributed by atoms with Gasteiger partial charge in [-0.3, -0.25) is 9.36 Å². The molecule has 0 bridgehead atoms. The van der Waals surface area contributed by atoms with Gasteiger partial charge < -0.3 is 15.5 Å². The molecule has 3 rings (SSSR count). The number of hydrogen-bond donors (Lipinski definition) is 2. The van der Waals surface area contributed by atoms with Gasteiger partial charge in [0.25, 0.3) is 0 Å². The second-order valence-electron chi connectivity index (χ2n) is 6.58. The molecule has 3 amide bonds. The Labute approximate surface area is 157 Å². The van der Waals surface area contributed by atoms with Crippen LogP contribution in [0.3, 0.4) is 0 Å². The minimum absolute atomic E-state index is 0.0626. The molecule has 1 aromatic carbocycles. The van der Waals surface area contributed by atoms with Crippen molar-refractivity contribution in [3.8, 4) is 0 Å². The van der Waals surface area contributed by atoms with Crippen LogP contribution in [0.2, 0.25) is 0 Å². The topological polar surface area (TPSA) is 96.3 Å². The van der Waals surface area contributed by atoms with Crippen LogP contribution >= 0.6 is 0 Å². The van der Waals surface area contributed by atoms with Crippen LogP contribution in [0.4, 0.5) is 10.5 Å². The average Bonchev–Trinajstić information content (AvgIpc) is 3.18. The van der Waals surface area contributed by atoms with Gasteiger partial charge in [-0.15, -0.1) is 0 Å². The molecule has 2 aromatic rings. The minimum Gasteiger partial charge on any atom is -0.341 e. The molecule has 8 heteroatoms. The van der Waals surface area contributed by atoms with E-state index in [0.717, 1.165) is 31.5 Å². The summed E-state index contributed by atoms with van der Waals surface area (Å²) in [6.07, 6.45) is 5.13. The number of nitrogens with one attached hydrogen (secondary N) is 2. The maximum absolute atomic E-state index is 12.3. The molecule has 142 valence electrons. The van der Waals surface area contributed by atoms with E-state index in [4.69, 9.17) is 0 Å². The van der Waals surface area contributed by atoms with Crippen LogP contribution in [0, 0.1) is 0 Å². The van der Waals surface area contributed by atoms with Gasteiger partial charge in [0.15, 0.2) is 0 Å². The first-order valence-electron chi connectivity index (χ1n) is 8.99. The molecule has 0 aliphatic carbocycles. The molecule has 1 atom stereocenters. The Morgan fingerprint density at radius 3 is 2.74 bits per heavy atom. The molecule has 0 radical (unpaired) electrons. The van der Waals surface area contributed by atoms with Crippen LogP contribution in [0.15, 0.2) is 47.5 Å². The zero-order valence-corrected chi connectivity index (χ0v) is 15.2. The highest BCUT2D eigenvalue weighted by Crippen LogP contribution is 2.12. The Morgan fingerprint density at radius 1 is 1.22 bits per heavy atom. The largest absolute Gasteiger partial charge is 0.347 e. The summed E-state index contributed by atoms with van der Waals surface area (Å²) < 4.78 is 1.48. The summed E-state index contributed by atoms with van der Waals surface area (Å²) >= 11 is 0. The van der Waals surface area contributed by atoms with E-state index in [1.165, 1.54) is 10.8 Å². The molecule has 1 saturated heterocycles. The fraction of sp³-hybridized carbons (Fsp3) is 0.368. The van der Waals surface area contributed by atoms with Gasteiger partial charge in [0.1, 0.15) is 6.04 Å². The molecular weight excluding hydrogens is 346 g/mol. The predicted molar refractivity (Wildman–Crippen MR) is 101 cm³/mol. The maximum atomic E-state index is 12.3. The number of carbonyl (C=O) groups excluding carboxylic acids is 2. The molecule has 2 N–H and O–H groups in total. The highest BCUT2D eigenvalue weighted by atomic mass is 16.2. The van der Waals surface area contributed by atoms with E-state index in [0.29, 0.717) is 12.2 Å². The van der Waals surface area contributed by atoms with Crippen molar-refractivity contribution in [3.05, 3.63) is 58.8 Å². The number of amides is 3. The highest BCUT2D eigenvalue weighted by molar-refractivity contribution is 5.93. The number of rotatable bonds is 5. The molecule has 27 heavy (non-hydrogen) atoms. The third-order valence-corrected chi connectivity index (χ3v) is 4.46. The Hall–Kier alpha value is -3.16. The third kappa shape index (κ3) is 4.93. The molecule has 8 nitrogen and oxygen atoms in total. The normalized spacial score (nSPS) is 14.6. The Balaban J connectivity index is 1.58. The number of hydrogen-bond acceptors (Lipinski definition) is 4. The minimum atomic E-state index is -0.583. The van der Waals surface area contributed by atoms with Gasteiger partial charge in [-0.2, -0.15) is 0 Å². The van der Waals surface area contributed by atoms with Gasteiger partial charge in [-0.25, -0.2) is 14.6 Å². The lowest BCUT2D eigenvalue weighted by atomic mass is 10.2. The average molecular weight is 369 g/mol. The van der Waals surface area contributed by atoms with E-state index >= 15 is 0 Å². The molecule has 0 saturated carbocycles. The number of urea groups is 1. The zero-order valence-electron chi connectivity index (χ0n) is 15.2. The predicted octanol–water partition coefficient (Wildman–Crippen LogP) is 1.42. The van der Waals surface area contributed by atoms with Crippen LogP contribution in [-0.4, -0.2) is 45.5 Å². The van der Waals surface area contributed by atoms with Gasteiger partial charge in [0.2, 0.25) is 5.91 Å². The first kappa shape index (κ1) is 18.6. The Bertz CT molecular complexity index is 873. The van der Waals surface area contributed by atoms with E-state index in [2.05, 4.69) is 15.6 Å². The van der Waals surface area contributed by atoms with Gasteiger partial charge in [-0.1, -0.05) is 12.1 Å². The molecule has 1 aliphatic rings. The molecule has 1 fully saturated rings. The highest BCUT2D eigenvalue weighted by Gasteiger charge is 2.24. The molecule has 1 aliphatic heterocycles. The number of benzene rings is 1. The Morgan fingerprint density at radius 2 is 2.00 bits per heavy atom. The molecule has 2 heterocycles. The van der Waals surface area contributed by atoms with Crippen molar-refractivity contribution in [1.82, 2.24) is 19.8 Å². The lowest BCUT2D eigenvalue weighted by Crippen LogP contribution is -2.47. The fourth-order valence-corrected chi connectivity index (χ4v) is 3.09. The third-order valence-electron chi connectivity index (χ3n) is 4.46. The van der Waals surface area contributed by atoms with Crippen LogP contribution in [0.25, 0.3) is 0 Å². The van der Waals surface area contributed by atoms with Crippen LogP contribution < -0.4 is 16.3 Å². The summed E-state index contributed by atoms with van der Waals surface area (Å²) in [7, 11) is 0.